The van der Waals surface area contributed by atoms with Gasteiger partial charge < -0.3 is 5.32 Å². The summed E-state index contributed by atoms with van der Waals surface area (Å²) in [6.07, 6.45) is 0. The van der Waals surface area contributed by atoms with E-state index in [0.29, 0.717) is 27.8 Å². The van der Waals surface area contributed by atoms with Gasteiger partial charge in [0.1, 0.15) is 0 Å². The Balaban J connectivity index is 1.74. The first-order chi connectivity index (χ1) is 14.8. The minimum Gasteiger partial charge on any atom is -0.319 e. The molecule has 1 N–H and O–H groups in total. The molecule has 156 valence electrons. The number of aryl methyl sites for hydroxylation is 3. The molecule has 2 aromatic carbocycles. The number of para-hydroxylation sites is 3. The normalized spacial score (nSPS) is 10.8. The van der Waals surface area contributed by atoms with Crippen LogP contribution in [0.1, 0.15) is 27.6 Å². The van der Waals surface area contributed by atoms with Gasteiger partial charge in [-0.1, -0.05) is 35.9 Å². The zero-order chi connectivity index (χ0) is 22.1. The van der Waals surface area contributed by atoms with E-state index in [-0.39, 0.29) is 5.69 Å². The van der Waals surface area contributed by atoms with E-state index in [2.05, 4.69) is 15.5 Å². The Morgan fingerprint density at radius 3 is 2.16 bits per heavy atom. The minimum atomic E-state index is -0.611. The van der Waals surface area contributed by atoms with Gasteiger partial charge in [-0.2, -0.15) is 10.2 Å². The number of amides is 1. The van der Waals surface area contributed by atoms with Crippen molar-refractivity contribution < 1.29 is 4.79 Å². The molecule has 8 heteroatoms. The van der Waals surface area contributed by atoms with E-state index < -0.39 is 11.3 Å². The van der Waals surface area contributed by atoms with Gasteiger partial charge in [-0.25, -0.2) is 9.36 Å². The van der Waals surface area contributed by atoms with Crippen LogP contribution in [0.15, 0.2) is 65.5 Å². The molecule has 2 heterocycles. The zero-order valence-corrected chi connectivity index (χ0v) is 18.0. The summed E-state index contributed by atoms with van der Waals surface area (Å²) in [5, 5.41) is 12.1. The first-order valence-corrected chi connectivity index (χ1v) is 10.0. The number of nitrogens with zero attached hydrogens (tertiary/aromatic N) is 4. The van der Waals surface area contributed by atoms with Crippen LogP contribution < -0.4 is 10.7 Å². The first-order valence-electron chi connectivity index (χ1n) is 9.65. The monoisotopic (exact) mass is 433 g/mol. The van der Waals surface area contributed by atoms with Crippen molar-refractivity contribution in [1.29, 1.82) is 0 Å². The predicted molar refractivity (Wildman–Crippen MR) is 121 cm³/mol. The number of halogens is 1. The fourth-order valence-electron chi connectivity index (χ4n) is 3.39. The van der Waals surface area contributed by atoms with Crippen LogP contribution in [-0.4, -0.2) is 25.5 Å². The fourth-order valence-corrected chi connectivity index (χ4v) is 3.61. The molecule has 0 saturated carbocycles. The highest BCUT2D eigenvalue weighted by molar-refractivity contribution is 6.32. The van der Waals surface area contributed by atoms with Crippen LogP contribution in [0.2, 0.25) is 5.02 Å². The maximum absolute atomic E-state index is 13.0. The molecule has 4 rings (SSSR count). The second-order valence-corrected chi connectivity index (χ2v) is 7.58. The minimum absolute atomic E-state index is 0.228. The van der Waals surface area contributed by atoms with Crippen LogP contribution in [0, 0.1) is 20.8 Å². The molecule has 0 saturated heterocycles. The molecule has 0 radical (unpaired) electrons. The smallest absolute Gasteiger partial charge is 0.280 e. The van der Waals surface area contributed by atoms with Gasteiger partial charge in [0.15, 0.2) is 5.69 Å². The van der Waals surface area contributed by atoms with Gasteiger partial charge in [-0.05, 0) is 51.1 Å². The van der Waals surface area contributed by atoms with Gasteiger partial charge in [-0.3, -0.25) is 9.59 Å². The Morgan fingerprint density at radius 2 is 1.48 bits per heavy atom. The third kappa shape index (κ3) is 4.00. The van der Waals surface area contributed by atoms with Crippen molar-refractivity contribution in [2.45, 2.75) is 20.8 Å². The molecule has 0 aliphatic heterocycles. The van der Waals surface area contributed by atoms with Crippen LogP contribution in [0.25, 0.3) is 11.4 Å². The van der Waals surface area contributed by atoms with Crippen molar-refractivity contribution >= 4 is 23.2 Å². The molecule has 0 unspecified atom stereocenters. The molecule has 0 aliphatic carbocycles. The van der Waals surface area contributed by atoms with Crippen LogP contribution >= 0.6 is 11.6 Å². The summed E-state index contributed by atoms with van der Waals surface area (Å²) in [5.41, 5.74) is 3.45. The van der Waals surface area contributed by atoms with Crippen LogP contribution in [0.5, 0.6) is 0 Å². The fraction of sp³-hybridized carbons (Fsp3) is 0.130. The standard InChI is InChI=1S/C23H20ClN5O2/c1-14-12-15(2)29(26-14)20-11-7-5-9-18(20)25-23(31)22-21(30)13-16(3)28(27-22)19-10-6-4-8-17(19)24/h4-13H,1-3H3,(H,25,31). The number of carbonyl (C=O) groups is 1. The maximum atomic E-state index is 13.0. The van der Waals surface area contributed by atoms with E-state index in [1.165, 1.54) is 10.7 Å². The van der Waals surface area contributed by atoms with Gasteiger partial charge in [0.05, 0.1) is 27.8 Å². The first kappa shape index (κ1) is 20.6. The van der Waals surface area contributed by atoms with Gasteiger partial charge in [0, 0.05) is 17.5 Å². The molecule has 0 fully saturated rings. The van der Waals surface area contributed by atoms with Gasteiger partial charge in [-0.15, -0.1) is 0 Å². The van der Waals surface area contributed by atoms with Crippen molar-refractivity contribution in [2.24, 2.45) is 0 Å². The average molecular weight is 434 g/mol. The van der Waals surface area contributed by atoms with Crippen molar-refractivity contribution in [3.63, 3.8) is 0 Å². The van der Waals surface area contributed by atoms with Crippen LogP contribution in [-0.2, 0) is 0 Å². The Bertz CT molecular complexity index is 1360. The zero-order valence-electron chi connectivity index (χ0n) is 17.3. The second kappa shape index (κ2) is 8.20. The molecular weight excluding hydrogens is 414 g/mol. The summed E-state index contributed by atoms with van der Waals surface area (Å²) in [5.74, 6) is -0.611. The van der Waals surface area contributed by atoms with Gasteiger partial charge in [0.25, 0.3) is 5.91 Å². The quantitative estimate of drug-likeness (QED) is 0.521. The second-order valence-electron chi connectivity index (χ2n) is 7.17. The summed E-state index contributed by atoms with van der Waals surface area (Å²) in [6.45, 7) is 5.57. The lowest BCUT2D eigenvalue weighted by molar-refractivity contribution is 0.101. The lowest BCUT2D eigenvalue weighted by Gasteiger charge is -2.14. The number of hydrogen-bond donors (Lipinski definition) is 1. The number of carbonyl (C=O) groups excluding carboxylic acids is 1. The van der Waals surface area contributed by atoms with Crippen LogP contribution in [0.4, 0.5) is 5.69 Å². The van der Waals surface area contributed by atoms with Crippen molar-refractivity contribution in [3.8, 4) is 11.4 Å². The third-order valence-electron chi connectivity index (χ3n) is 4.79. The Morgan fingerprint density at radius 1 is 0.871 bits per heavy atom. The SMILES string of the molecule is Cc1cc(C)n(-c2ccccc2NC(=O)c2nn(-c3ccccc3Cl)c(C)cc2=O)n1. The molecule has 7 nitrogen and oxygen atoms in total. The molecule has 0 atom stereocenters. The van der Waals surface area contributed by atoms with Crippen molar-refractivity contribution in [1.82, 2.24) is 19.6 Å². The largest absolute Gasteiger partial charge is 0.319 e. The maximum Gasteiger partial charge on any atom is 0.280 e. The van der Waals surface area contributed by atoms with E-state index in [9.17, 15) is 9.59 Å². The van der Waals surface area contributed by atoms with E-state index in [0.717, 1.165) is 11.4 Å². The molecule has 1 amide bonds. The average Bonchev–Trinajstić information content (AvgIpc) is 3.07. The van der Waals surface area contributed by atoms with Crippen LogP contribution in [0.3, 0.4) is 0 Å². The number of benzene rings is 2. The van der Waals surface area contributed by atoms with Gasteiger partial charge >= 0.3 is 0 Å². The number of hydrogen-bond acceptors (Lipinski definition) is 4. The Hall–Kier alpha value is -3.71. The van der Waals surface area contributed by atoms with E-state index in [4.69, 9.17) is 11.6 Å². The van der Waals surface area contributed by atoms with Crippen molar-refractivity contribution in [2.75, 3.05) is 5.32 Å². The number of anilines is 1. The molecule has 0 spiro atoms. The summed E-state index contributed by atoms with van der Waals surface area (Å²) in [6, 6.07) is 17.7. The number of rotatable bonds is 4. The Labute approximate surface area is 183 Å². The van der Waals surface area contributed by atoms with Crippen molar-refractivity contribution in [3.05, 3.63) is 98.7 Å². The number of nitrogens with one attached hydrogen (secondary N) is 1. The van der Waals surface area contributed by atoms with Gasteiger partial charge in [0.2, 0.25) is 5.43 Å². The van der Waals surface area contributed by atoms with E-state index in [1.54, 1.807) is 41.9 Å². The van der Waals surface area contributed by atoms with E-state index >= 15 is 0 Å². The number of aromatic nitrogens is 4. The summed E-state index contributed by atoms with van der Waals surface area (Å²) < 4.78 is 3.24. The highest BCUT2D eigenvalue weighted by Gasteiger charge is 2.18. The summed E-state index contributed by atoms with van der Waals surface area (Å²) in [7, 11) is 0. The molecule has 0 aliphatic rings. The topological polar surface area (TPSA) is 81.8 Å². The summed E-state index contributed by atoms with van der Waals surface area (Å²) >= 11 is 6.29. The molecule has 0 bridgehead atoms. The predicted octanol–water partition coefficient (Wildman–Crippen LogP) is 4.25. The highest BCUT2D eigenvalue weighted by Crippen LogP contribution is 2.23. The highest BCUT2D eigenvalue weighted by atomic mass is 35.5. The van der Waals surface area contributed by atoms with E-state index in [1.807, 2.05) is 38.1 Å². The summed E-state index contributed by atoms with van der Waals surface area (Å²) in [4.78, 5) is 25.6. The molecular formula is C23H20ClN5O2. The lowest BCUT2D eigenvalue weighted by Crippen LogP contribution is -2.27. The lowest BCUT2D eigenvalue weighted by atomic mass is 10.2. The molecule has 31 heavy (non-hydrogen) atoms. The Kier molecular flexibility index (Phi) is 5.44. The molecule has 2 aromatic heterocycles. The third-order valence-corrected chi connectivity index (χ3v) is 5.11. The molecule has 4 aromatic rings.